The third kappa shape index (κ3) is 4.12. The summed E-state index contributed by atoms with van der Waals surface area (Å²) in [7, 11) is 0. The fraction of sp³-hybridized carbons (Fsp3) is 0.471. The molecule has 0 bridgehead atoms. The summed E-state index contributed by atoms with van der Waals surface area (Å²) in [5.41, 5.74) is 1.42. The molecule has 0 heterocycles. The Labute approximate surface area is 120 Å². The van der Waals surface area contributed by atoms with E-state index in [-0.39, 0.29) is 12.1 Å². The van der Waals surface area contributed by atoms with Crippen LogP contribution in [-0.4, -0.2) is 18.7 Å². The maximum absolute atomic E-state index is 12.3. The molecule has 108 valence electrons. The second-order valence-electron chi connectivity index (χ2n) is 5.41. The van der Waals surface area contributed by atoms with Gasteiger partial charge in [0.2, 0.25) is 0 Å². The second-order valence-corrected chi connectivity index (χ2v) is 5.41. The van der Waals surface area contributed by atoms with Gasteiger partial charge >= 0.3 is 5.97 Å². The Hall–Kier alpha value is -1.77. The minimum Gasteiger partial charge on any atom is -0.488 e. The molecule has 1 aromatic carbocycles. The number of para-hydroxylation sites is 1. The maximum Gasteiger partial charge on any atom is 0.342 e. The number of benzene rings is 1. The van der Waals surface area contributed by atoms with Gasteiger partial charge in [0.1, 0.15) is 24.0 Å². The number of hydrogen-bond acceptors (Lipinski definition) is 3. The van der Waals surface area contributed by atoms with Crippen molar-refractivity contribution in [1.82, 2.24) is 0 Å². The standard InChI is InChI=1S/C17H22O3/c1-13(2)12-19-16-11-7-6-10-15(16)17(18)20-14-8-4-3-5-9-14/h6-7,10-11,14H,1,3-5,8-9,12H2,2H3. The Morgan fingerprint density at radius 3 is 2.65 bits per heavy atom. The van der Waals surface area contributed by atoms with Crippen molar-refractivity contribution in [3.63, 3.8) is 0 Å². The highest BCUT2D eigenvalue weighted by molar-refractivity contribution is 5.92. The number of esters is 1. The van der Waals surface area contributed by atoms with Crippen LogP contribution in [0.15, 0.2) is 36.4 Å². The zero-order valence-electron chi connectivity index (χ0n) is 12.1. The molecular weight excluding hydrogens is 252 g/mol. The normalized spacial score (nSPS) is 15.7. The summed E-state index contributed by atoms with van der Waals surface area (Å²) in [5.74, 6) is 0.283. The van der Waals surface area contributed by atoms with Crippen molar-refractivity contribution in [2.75, 3.05) is 6.61 Å². The van der Waals surface area contributed by atoms with E-state index in [4.69, 9.17) is 9.47 Å². The van der Waals surface area contributed by atoms with Crippen molar-refractivity contribution < 1.29 is 14.3 Å². The predicted molar refractivity (Wildman–Crippen MR) is 79.0 cm³/mol. The molecule has 0 unspecified atom stereocenters. The summed E-state index contributed by atoms with van der Waals surface area (Å²) < 4.78 is 11.2. The zero-order valence-corrected chi connectivity index (χ0v) is 12.1. The van der Waals surface area contributed by atoms with Gasteiger partial charge in [0, 0.05) is 0 Å². The van der Waals surface area contributed by atoms with Gasteiger partial charge in [0.15, 0.2) is 0 Å². The summed E-state index contributed by atoms with van der Waals surface area (Å²) in [6.07, 6.45) is 5.54. The first kappa shape index (κ1) is 14.6. The largest absolute Gasteiger partial charge is 0.488 e. The van der Waals surface area contributed by atoms with Gasteiger partial charge in [-0.2, -0.15) is 0 Å². The van der Waals surface area contributed by atoms with Gasteiger partial charge in [-0.15, -0.1) is 0 Å². The Bertz CT molecular complexity index is 473. The average molecular weight is 274 g/mol. The van der Waals surface area contributed by atoms with Gasteiger partial charge < -0.3 is 9.47 Å². The van der Waals surface area contributed by atoms with Crippen LogP contribution in [0.3, 0.4) is 0 Å². The van der Waals surface area contributed by atoms with E-state index in [1.165, 1.54) is 6.42 Å². The van der Waals surface area contributed by atoms with E-state index in [1.807, 2.05) is 19.1 Å². The van der Waals surface area contributed by atoms with Crippen LogP contribution < -0.4 is 4.74 Å². The lowest BCUT2D eigenvalue weighted by Crippen LogP contribution is -2.21. The minimum atomic E-state index is -0.283. The third-order valence-corrected chi connectivity index (χ3v) is 3.41. The van der Waals surface area contributed by atoms with Gasteiger partial charge in [0.25, 0.3) is 0 Å². The molecule has 2 rings (SSSR count). The topological polar surface area (TPSA) is 35.5 Å². The summed E-state index contributed by atoms with van der Waals surface area (Å²) in [5, 5.41) is 0. The van der Waals surface area contributed by atoms with Crippen molar-refractivity contribution in [3.05, 3.63) is 42.0 Å². The second kappa shape index (κ2) is 7.13. The molecular formula is C17H22O3. The summed E-state index contributed by atoms with van der Waals surface area (Å²) in [4.78, 5) is 12.3. The molecule has 0 atom stereocenters. The SMILES string of the molecule is C=C(C)COc1ccccc1C(=O)OC1CCCCC1. The first-order chi connectivity index (χ1) is 9.66. The molecule has 0 aliphatic heterocycles. The van der Waals surface area contributed by atoms with Crippen molar-refractivity contribution in [3.8, 4) is 5.75 Å². The van der Waals surface area contributed by atoms with E-state index in [9.17, 15) is 4.79 Å². The summed E-state index contributed by atoms with van der Waals surface area (Å²) in [6.45, 7) is 6.10. The lowest BCUT2D eigenvalue weighted by Gasteiger charge is -2.22. The van der Waals surface area contributed by atoms with Gasteiger partial charge in [-0.1, -0.05) is 25.1 Å². The van der Waals surface area contributed by atoms with Gasteiger partial charge in [-0.3, -0.25) is 0 Å². The van der Waals surface area contributed by atoms with Crippen LogP contribution in [-0.2, 0) is 4.74 Å². The van der Waals surface area contributed by atoms with E-state index < -0.39 is 0 Å². The molecule has 0 saturated heterocycles. The molecule has 1 saturated carbocycles. The Balaban J connectivity index is 2.02. The predicted octanol–water partition coefficient (Wildman–Crippen LogP) is 4.13. The third-order valence-electron chi connectivity index (χ3n) is 3.41. The van der Waals surface area contributed by atoms with Gasteiger partial charge in [-0.25, -0.2) is 4.79 Å². The van der Waals surface area contributed by atoms with Gasteiger partial charge in [-0.05, 0) is 50.3 Å². The highest BCUT2D eigenvalue weighted by atomic mass is 16.5. The monoisotopic (exact) mass is 274 g/mol. The van der Waals surface area contributed by atoms with Crippen LogP contribution in [0.5, 0.6) is 5.75 Å². The lowest BCUT2D eigenvalue weighted by atomic mass is 9.98. The number of ether oxygens (including phenoxy) is 2. The number of hydrogen-bond donors (Lipinski definition) is 0. The van der Waals surface area contributed by atoms with Crippen LogP contribution in [0.2, 0.25) is 0 Å². The Morgan fingerprint density at radius 1 is 1.25 bits per heavy atom. The Morgan fingerprint density at radius 2 is 1.95 bits per heavy atom. The molecule has 3 heteroatoms. The maximum atomic E-state index is 12.3. The van der Waals surface area contributed by atoms with Crippen molar-refractivity contribution in [1.29, 1.82) is 0 Å². The highest BCUT2D eigenvalue weighted by Gasteiger charge is 2.20. The van der Waals surface area contributed by atoms with E-state index >= 15 is 0 Å². The molecule has 0 amide bonds. The molecule has 0 N–H and O–H groups in total. The fourth-order valence-electron chi connectivity index (χ4n) is 2.36. The molecule has 0 spiro atoms. The molecule has 0 aromatic heterocycles. The first-order valence-corrected chi connectivity index (χ1v) is 7.24. The van der Waals surface area contributed by atoms with Crippen molar-refractivity contribution in [2.45, 2.75) is 45.1 Å². The van der Waals surface area contributed by atoms with E-state index in [2.05, 4.69) is 6.58 Å². The first-order valence-electron chi connectivity index (χ1n) is 7.24. The quantitative estimate of drug-likeness (QED) is 0.598. The smallest absolute Gasteiger partial charge is 0.342 e. The van der Waals surface area contributed by atoms with Crippen LogP contribution in [0.1, 0.15) is 49.4 Å². The average Bonchev–Trinajstić information content (AvgIpc) is 2.46. The summed E-state index contributed by atoms with van der Waals surface area (Å²) >= 11 is 0. The van der Waals surface area contributed by atoms with Gasteiger partial charge in [0.05, 0.1) is 0 Å². The molecule has 1 fully saturated rings. The van der Waals surface area contributed by atoms with Crippen LogP contribution >= 0.6 is 0 Å². The van der Waals surface area contributed by atoms with Crippen LogP contribution in [0, 0.1) is 0 Å². The number of rotatable bonds is 5. The Kier molecular flexibility index (Phi) is 5.22. The minimum absolute atomic E-state index is 0.0606. The number of carbonyl (C=O) groups excluding carboxylic acids is 1. The van der Waals surface area contributed by atoms with E-state index in [0.29, 0.717) is 17.9 Å². The van der Waals surface area contributed by atoms with Crippen molar-refractivity contribution in [2.24, 2.45) is 0 Å². The van der Waals surface area contributed by atoms with Crippen LogP contribution in [0.25, 0.3) is 0 Å². The van der Waals surface area contributed by atoms with Crippen LogP contribution in [0.4, 0.5) is 0 Å². The molecule has 1 aliphatic carbocycles. The highest BCUT2D eigenvalue weighted by Crippen LogP contribution is 2.24. The van der Waals surface area contributed by atoms with E-state index in [0.717, 1.165) is 31.3 Å². The lowest BCUT2D eigenvalue weighted by molar-refractivity contribution is 0.0207. The van der Waals surface area contributed by atoms with Crippen molar-refractivity contribution >= 4 is 5.97 Å². The molecule has 1 aromatic rings. The zero-order chi connectivity index (χ0) is 14.4. The number of carbonyl (C=O) groups is 1. The molecule has 1 aliphatic rings. The fourth-order valence-corrected chi connectivity index (χ4v) is 2.36. The molecule has 20 heavy (non-hydrogen) atoms. The van der Waals surface area contributed by atoms with E-state index in [1.54, 1.807) is 12.1 Å². The summed E-state index contributed by atoms with van der Waals surface area (Å²) in [6, 6.07) is 7.22. The molecule has 3 nitrogen and oxygen atoms in total. The molecule has 0 radical (unpaired) electrons.